The Labute approximate surface area is 389 Å². The Kier molecular flexibility index (Phi) is 14.9. The van der Waals surface area contributed by atoms with Crippen molar-refractivity contribution in [3.8, 4) is 22.3 Å². The van der Waals surface area contributed by atoms with Crippen LogP contribution in [0.5, 0.6) is 0 Å². The number of hydrogen-bond donors (Lipinski definition) is 0. The molecule has 0 heterocycles. The van der Waals surface area contributed by atoms with Gasteiger partial charge < -0.3 is 24.8 Å². The summed E-state index contributed by atoms with van der Waals surface area (Å²) < 4.78 is 0. The third-order valence-corrected chi connectivity index (χ3v) is 11.4. The van der Waals surface area contributed by atoms with Crippen molar-refractivity contribution >= 4 is 71.5 Å². The van der Waals surface area contributed by atoms with E-state index in [1.165, 1.54) is 132 Å². The van der Waals surface area contributed by atoms with Crippen LogP contribution in [0.25, 0.3) is 86.9 Å². The summed E-state index contributed by atoms with van der Waals surface area (Å²) in [5.41, 5.74) is 11.8. The van der Waals surface area contributed by atoms with Crippen molar-refractivity contribution in [2.45, 2.75) is 27.7 Å². The first-order valence-electron chi connectivity index (χ1n) is 20.1. The van der Waals surface area contributed by atoms with Gasteiger partial charge in [-0.05, 0) is 81.2 Å². The summed E-state index contributed by atoms with van der Waals surface area (Å²) in [5.74, 6) is 0. The van der Waals surface area contributed by atoms with E-state index in [1.54, 1.807) is 0 Å². The molecule has 0 aliphatic heterocycles. The van der Waals surface area contributed by atoms with E-state index < -0.39 is 0 Å². The monoisotopic (exact) mass is 917 g/mol. The second-order valence-corrected chi connectivity index (χ2v) is 15.5. The van der Waals surface area contributed by atoms with Gasteiger partial charge in [-0.15, -0.1) is 104 Å². The molecule has 11 aromatic carbocycles. The summed E-state index contributed by atoms with van der Waals surface area (Å²) in [7, 11) is 0. The van der Waals surface area contributed by atoms with Crippen molar-refractivity contribution in [3.05, 3.63) is 223 Å². The van der Waals surface area contributed by atoms with Gasteiger partial charge in [-0.2, -0.15) is 24.6 Å². The molecule has 0 atom stereocenters. The Balaban J connectivity index is 0.000000166. The SMILES string of the molecule is Cc1ccc2[cH-]c(C)c(-c3cccc4cc5ccccc5cc34)c2c1.Cc1ccc2[cH-]c(C)c(-c3cccc4cc5ccccc5cc34)c2c1.[CH2-]c1ccccc1.[Cl-].[Cl-].[Si]=[Zr+2]. The molecule has 0 aliphatic carbocycles. The van der Waals surface area contributed by atoms with E-state index in [9.17, 15) is 0 Å². The molecule has 298 valence electrons. The number of aryl methyl sites for hydroxylation is 4. The van der Waals surface area contributed by atoms with Gasteiger partial charge >= 0.3 is 30.2 Å². The van der Waals surface area contributed by atoms with Crippen LogP contribution in [-0.2, 0) is 23.3 Å². The summed E-state index contributed by atoms with van der Waals surface area (Å²) in [6.07, 6.45) is 0. The number of halogens is 2. The van der Waals surface area contributed by atoms with Crippen LogP contribution in [0, 0.1) is 34.6 Å². The van der Waals surface area contributed by atoms with Crippen LogP contribution >= 0.6 is 0 Å². The number of benzene rings is 9. The van der Waals surface area contributed by atoms with Crippen LogP contribution in [0.2, 0.25) is 0 Å². The van der Waals surface area contributed by atoms with Gasteiger partial charge in [-0.25, -0.2) is 0 Å². The summed E-state index contributed by atoms with van der Waals surface area (Å²) >= 11 is 1.36. The number of hydrogen-bond acceptors (Lipinski definition) is 0. The Hall–Kier alpha value is -5.21. The van der Waals surface area contributed by atoms with Gasteiger partial charge in [0, 0.05) is 0 Å². The molecule has 0 N–H and O–H groups in total. The first-order chi connectivity index (χ1) is 28.8. The van der Waals surface area contributed by atoms with E-state index in [1.807, 2.05) is 30.3 Å². The molecule has 11 rings (SSSR count). The fourth-order valence-electron chi connectivity index (χ4n) is 8.62. The predicted molar refractivity (Wildman–Crippen MR) is 256 cm³/mol. The topological polar surface area (TPSA) is 0 Å². The normalized spacial score (nSPS) is 10.6. The van der Waals surface area contributed by atoms with Crippen molar-refractivity contribution < 1.29 is 48.1 Å². The maximum atomic E-state index is 3.72. The van der Waals surface area contributed by atoms with E-state index in [0.29, 0.717) is 0 Å². The van der Waals surface area contributed by atoms with E-state index in [0.717, 1.165) is 5.56 Å². The van der Waals surface area contributed by atoms with Crippen molar-refractivity contribution in [3.63, 3.8) is 0 Å². The summed E-state index contributed by atoms with van der Waals surface area (Å²) in [4.78, 5) is 0. The van der Waals surface area contributed by atoms with Gasteiger partial charge in [0.05, 0.1) is 0 Å². The van der Waals surface area contributed by atoms with Crippen LogP contribution in [0.15, 0.2) is 188 Å². The third-order valence-electron chi connectivity index (χ3n) is 11.4. The molecule has 61 heavy (non-hydrogen) atoms. The van der Waals surface area contributed by atoms with Gasteiger partial charge in [0.25, 0.3) is 0 Å². The van der Waals surface area contributed by atoms with Crippen LogP contribution < -0.4 is 24.8 Å². The molecule has 0 aliphatic rings. The molecule has 0 unspecified atom stereocenters. The predicted octanol–water partition coefficient (Wildman–Crippen LogP) is 9.79. The molecular weight excluding hydrogens is 875 g/mol. The van der Waals surface area contributed by atoms with Gasteiger partial charge in [0.15, 0.2) is 0 Å². The fraction of sp³-hybridized carbons (Fsp3) is 0.0702. The zero-order valence-electron chi connectivity index (χ0n) is 34.9. The Bertz CT molecular complexity index is 3060. The Morgan fingerprint density at radius 2 is 0.738 bits per heavy atom. The minimum absolute atomic E-state index is 0. The molecule has 0 nitrogen and oxygen atoms in total. The summed E-state index contributed by atoms with van der Waals surface area (Å²) in [5, 5.41) is 15.8. The first kappa shape index (κ1) is 45.3. The molecule has 0 aromatic heterocycles. The quantitative estimate of drug-likeness (QED) is 0.0922. The third kappa shape index (κ3) is 9.50. The van der Waals surface area contributed by atoms with Crippen LogP contribution in [0.1, 0.15) is 27.8 Å². The average Bonchev–Trinajstić information content (AvgIpc) is 3.76. The van der Waals surface area contributed by atoms with Crippen molar-refractivity contribution in [1.29, 1.82) is 0 Å². The second-order valence-electron chi connectivity index (χ2n) is 15.5. The molecule has 0 amide bonds. The minimum atomic E-state index is 0. The first-order valence-corrected chi connectivity index (χ1v) is 24.3. The van der Waals surface area contributed by atoms with E-state index >= 15 is 0 Å². The molecule has 0 saturated heterocycles. The number of fused-ring (bicyclic) bond motifs is 6. The number of rotatable bonds is 2. The van der Waals surface area contributed by atoms with Gasteiger partial charge in [-0.1, -0.05) is 127 Å². The van der Waals surface area contributed by atoms with E-state index in [4.69, 9.17) is 0 Å². The summed E-state index contributed by atoms with van der Waals surface area (Å²) in [6.45, 7) is 15.6. The molecule has 11 aromatic rings. The van der Waals surface area contributed by atoms with Crippen LogP contribution in [0.3, 0.4) is 0 Å². The van der Waals surface area contributed by atoms with Crippen molar-refractivity contribution in [2.24, 2.45) is 0 Å². The average molecular weight is 920 g/mol. The standard InChI is InChI=1S/2C25H19.C7H7.2ClH.Si.Zr/c2*1-16-10-11-21-13-17(2)25(24(21)12-16)22-9-5-8-20-14-18-6-3-4-7-19(18)15-23(20)22;1-7-5-3-2-4-6-7;;;;/h2*3-15H,1-2H3;2-6H,1H2;2*1H;;/q3*-1;;;;+2/p-2. The second kappa shape index (κ2) is 20.1. The molecule has 0 spiro atoms. The van der Waals surface area contributed by atoms with Crippen molar-refractivity contribution in [1.82, 2.24) is 0 Å². The van der Waals surface area contributed by atoms with Crippen LogP contribution in [0.4, 0.5) is 0 Å². The molecule has 4 heteroatoms. The summed E-state index contributed by atoms with van der Waals surface area (Å²) in [6, 6.07) is 67.8. The van der Waals surface area contributed by atoms with E-state index in [2.05, 4.69) is 199 Å². The van der Waals surface area contributed by atoms with Gasteiger partial charge in [0.2, 0.25) is 0 Å². The Morgan fingerprint density at radius 3 is 1.11 bits per heavy atom. The van der Waals surface area contributed by atoms with Gasteiger partial charge in [0.1, 0.15) is 0 Å². The van der Waals surface area contributed by atoms with E-state index in [-0.39, 0.29) is 24.8 Å². The van der Waals surface area contributed by atoms with Crippen LogP contribution in [-0.4, -0.2) is 6.88 Å². The zero-order chi connectivity index (χ0) is 41.0. The Morgan fingerprint density at radius 1 is 0.377 bits per heavy atom. The molecule has 0 fully saturated rings. The molecular formula is C57H45Cl2SiZr-3. The molecule has 0 bridgehead atoms. The molecule has 2 radical (unpaired) electrons. The van der Waals surface area contributed by atoms with Gasteiger partial charge in [-0.3, -0.25) is 0 Å². The fourth-order valence-corrected chi connectivity index (χ4v) is 8.62. The zero-order valence-corrected chi connectivity index (χ0v) is 39.8. The molecule has 0 saturated carbocycles. The van der Waals surface area contributed by atoms with Crippen molar-refractivity contribution in [2.75, 3.05) is 0 Å². The maximum absolute atomic E-state index is 3.72.